The lowest BCUT2D eigenvalue weighted by molar-refractivity contribution is 0.226. The number of likely N-dealkylation sites (N-methyl/N-ethyl adjacent to an activating group) is 1. The third-order valence-electron chi connectivity index (χ3n) is 3.35. The molecule has 1 unspecified atom stereocenters. The maximum atomic E-state index is 4.17. The summed E-state index contributed by atoms with van der Waals surface area (Å²) in [6, 6.07) is 2.71. The minimum Gasteiger partial charge on any atom is -0.309 e. The number of pyridine rings is 1. The van der Waals surface area contributed by atoms with Gasteiger partial charge in [-0.1, -0.05) is 0 Å². The van der Waals surface area contributed by atoms with Crippen LogP contribution in [0, 0.1) is 6.92 Å². The molecule has 1 aromatic rings. The number of piperidine rings is 1. The summed E-state index contributed by atoms with van der Waals surface area (Å²) in [6.45, 7) is 5.49. The van der Waals surface area contributed by atoms with Crippen LogP contribution in [0.3, 0.4) is 0 Å². The van der Waals surface area contributed by atoms with Gasteiger partial charge in [-0.15, -0.1) is 0 Å². The lowest BCUT2D eigenvalue weighted by atomic mass is 10.1. The van der Waals surface area contributed by atoms with Crippen molar-refractivity contribution in [1.82, 2.24) is 15.2 Å². The number of aromatic nitrogens is 1. The molecule has 0 spiro atoms. The van der Waals surface area contributed by atoms with Crippen molar-refractivity contribution in [3.63, 3.8) is 0 Å². The van der Waals surface area contributed by atoms with Crippen LogP contribution >= 0.6 is 0 Å². The van der Waals surface area contributed by atoms with Gasteiger partial charge in [-0.3, -0.25) is 4.98 Å². The third kappa shape index (κ3) is 3.03. The number of hydrogen-bond acceptors (Lipinski definition) is 3. The molecular weight excluding hydrogens is 198 g/mol. The Kier molecular flexibility index (Phi) is 3.91. The Morgan fingerprint density at radius 2 is 2.44 bits per heavy atom. The highest BCUT2D eigenvalue weighted by atomic mass is 15.1. The molecule has 2 rings (SSSR count). The van der Waals surface area contributed by atoms with Gasteiger partial charge in [-0.25, -0.2) is 0 Å². The average molecular weight is 219 g/mol. The van der Waals surface area contributed by atoms with Gasteiger partial charge >= 0.3 is 0 Å². The fourth-order valence-corrected chi connectivity index (χ4v) is 2.27. The Hall–Kier alpha value is -0.930. The second-order valence-corrected chi connectivity index (χ2v) is 4.78. The summed E-state index contributed by atoms with van der Waals surface area (Å²) in [5, 5.41) is 3.63. The van der Waals surface area contributed by atoms with Crippen molar-refractivity contribution < 1.29 is 0 Å². The van der Waals surface area contributed by atoms with Crippen LogP contribution in [-0.2, 0) is 6.54 Å². The van der Waals surface area contributed by atoms with Crippen LogP contribution in [0.2, 0.25) is 0 Å². The lowest BCUT2D eigenvalue weighted by Gasteiger charge is -2.30. The molecule has 3 nitrogen and oxygen atoms in total. The molecule has 0 bridgehead atoms. The Morgan fingerprint density at radius 3 is 3.19 bits per heavy atom. The molecule has 1 atom stereocenters. The van der Waals surface area contributed by atoms with Gasteiger partial charge in [0.1, 0.15) is 0 Å². The number of aryl methyl sites for hydroxylation is 1. The van der Waals surface area contributed by atoms with Gasteiger partial charge < -0.3 is 10.2 Å². The summed E-state index contributed by atoms with van der Waals surface area (Å²) in [5.41, 5.74) is 2.64. The van der Waals surface area contributed by atoms with Crippen LogP contribution in [0.15, 0.2) is 18.5 Å². The Labute approximate surface area is 97.9 Å². The van der Waals surface area contributed by atoms with E-state index in [2.05, 4.69) is 35.2 Å². The first-order valence-electron chi connectivity index (χ1n) is 6.07. The standard InChI is InChI=1S/C13H21N3/c1-11-5-6-14-8-12(11)9-15-13-4-3-7-16(2)10-13/h5-6,8,13,15H,3-4,7,9-10H2,1-2H3. The van der Waals surface area contributed by atoms with E-state index in [1.165, 1.54) is 37.1 Å². The highest BCUT2D eigenvalue weighted by Gasteiger charge is 2.16. The fourth-order valence-electron chi connectivity index (χ4n) is 2.27. The van der Waals surface area contributed by atoms with Crippen molar-refractivity contribution in [2.24, 2.45) is 0 Å². The zero-order valence-corrected chi connectivity index (χ0v) is 10.2. The van der Waals surface area contributed by atoms with Crippen LogP contribution < -0.4 is 5.32 Å². The normalized spacial score (nSPS) is 22.2. The molecule has 1 aromatic heterocycles. The molecule has 1 saturated heterocycles. The average Bonchev–Trinajstić information content (AvgIpc) is 2.28. The SMILES string of the molecule is Cc1ccncc1CNC1CCCN(C)C1. The molecule has 0 aromatic carbocycles. The molecule has 1 aliphatic heterocycles. The zero-order valence-electron chi connectivity index (χ0n) is 10.2. The van der Waals surface area contributed by atoms with Gasteiger partial charge in [0.05, 0.1) is 0 Å². The van der Waals surface area contributed by atoms with E-state index < -0.39 is 0 Å². The fraction of sp³-hybridized carbons (Fsp3) is 0.615. The smallest absolute Gasteiger partial charge is 0.0315 e. The van der Waals surface area contributed by atoms with E-state index >= 15 is 0 Å². The predicted octanol–water partition coefficient (Wildman–Crippen LogP) is 1.57. The van der Waals surface area contributed by atoms with Crippen molar-refractivity contribution in [2.45, 2.75) is 32.4 Å². The van der Waals surface area contributed by atoms with E-state index in [4.69, 9.17) is 0 Å². The molecule has 1 fully saturated rings. The van der Waals surface area contributed by atoms with Crippen molar-refractivity contribution in [3.8, 4) is 0 Å². The van der Waals surface area contributed by atoms with Crippen LogP contribution in [0.1, 0.15) is 24.0 Å². The van der Waals surface area contributed by atoms with Crippen LogP contribution in [-0.4, -0.2) is 36.1 Å². The summed E-state index contributed by atoms with van der Waals surface area (Å²) in [4.78, 5) is 6.57. The van der Waals surface area contributed by atoms with Crippen molar-refractivity contribution in [3.05, 3.63) is 29.6 Å². The molecule has 0 amide bonds. The Bertz CT molecular complexity index is 338. The number of rotatable bonds is 3. The molecule has 0 saturated carbocycles. The molecule has 88 valence electrons. The third-order valence-corrected chi connectivity index (χ3v) is 3.35. The van der Waals surface area contributed by atoms with E-state index in [0.29, 0.717) is 6.04 Å². The maximum Gasteiger partial charge on any atom is 0.0315 e. The molecule has 1 N–H and O–H groups in total. The monoisotopic (exact) mass is 219 g/mol. The summed E-state index contributed by atoms with van der Waals surface area (Å²) >= 11 is 0. The molecular formula is C13H21N3. The van der Waals surface area contributed by atoms with E-state index in [1.54, 1.807) is 0 Å². The molecule has 1 aliphatic rings. The number of nitrogens with one attached hydrogen (secondary N) is 1. The minimum absolute atomic E-state index is 0.637. The zero-order chi connectivity index (χ0) is 11.4. The van der Waals surface area contributed by atoms with Gasteiger partial charge in [0.15, 0.2) is 0 Å². The second-order valence-electron chi connectivity index (χ2n) is 4.78. The predicted molar refractivity (Wildman–Crippen MR) is 66.3 cm³/mol. The Morgan fingerprint density at radius 1 is 1.56 bits per heavy atom. The Balaban J connectivity index is 1.85. The van der Waals surface area contributed by atoms with E-state index in [9.17, 15) is 0 Å². The van der Waals surface area contributed by atoms with Crippen molar-refractivity contribution in [2.75, 3.05) is 20.1 Å². The molecule has 3 heteroatoms. The topological polar surface area (TPSA) is 28.2 Å². The highest BCUT2D eigenvalue weighted by Crippen LogP contribution is 2.10. The highest BCUT2D eigenvalue weighted by molar-refractivity contribution is 5.21. The number of nitrogens with zero attached hydrogens (tertiary/aromatic N) is 2. The second kappa shape index (κ2) is 5.41. The summed E-state index contributed by atoms with van der Waals surface area (Å²) in [5.74, 6) is 0. The van der Waals surface area contributed by atoms with E-state index in [1.807, 2.05) is 12.4 Å². The van der Waals surface area contributed by atoms with Gasteiger partial charge in [0.25, 0.3) is 0 Å². The number of hydrogen-bond donors (Lipinski definition) is 1. The summed E-state index contributed by atoms with van der Waals surface area (Å²) < 4.78 is 0. The summed E-state index contributed by atoms with van der Waals surface area (Å²) in [7, 11) is 2.20. The van der Waals surface area contributed by atoms with E-state index in [-0.39, 0.29) is 0 Å². The maximum absolute atomic E-state index is 4.17. The summed E-state index contributed by atoms with van der Waals surface area (Å²) in [6.07, 6.45) is 6.42. The largest absolute Gasteiger partial charge is 0.309 e. The molecule has 0 radical (unpaired) electrons. The van der Waals surface area contributed by atoms with Gasteiger partial charge in [0, 0.05) is 31.5 Å². The first-order chi connectivity index (χ1) is 7.75. The van der Waals surface area contributed by atoms with Gasteiger partial charge in [-0.2, -0.15) is 0 Å². The van der Waals surface area contributed by atoms with E-state index in [0.717, 1.165) is 6.54 Å². The van der Waals surface area contributed by atoms with Gasteiger partial charge in [0.2, 0.25) is 0 Å². The minimum atomic E-state index is 0.637. The molecule has 2 heterocycles. The quantitative estimate of drug-likeness (QED) is 0.836. The molecule has 0 aliphatic carbocycles. The molecule has 16 heavy (non-hydrogen) atoms. The van der Waals surface area contributed by atoms with Crippen LogP contribution in [0.4, 0.5) is 0 Å². The first kappa shape index (κ1) is 11.6. The number of likely N-dealkylation sites (tertiary alicyclic amines) is 1. The lowest BCUT2D eigenvalue weighted by Crippen LogP contribution is -2.43. The van der Waals surface area contributed by atoms with Crippen molar-refractivity contribution in [1.29, 1.82) is 0 Å². The van der Waals surface area contributed by atoms with Crippen LogP contribution in [0.5, 0.6) is 0 Å². The van der Waals surface area contributed by atoms with Crippen LogP contribution in [0.25, 0.3) is 0 Å². The van der Waals surface area contributed by atoms with Gasteiger partial charge in [-0.05, 0) is 50.6 Å². The first-order valence-corrected chi connectivity index (χ1v) is 6.07. The van der Waals surface area contributed by atoms with Crippen molar-refractivity contribution >= 4 is 0 Å².